The fraction of sp³-hybridized carbons (Fsp3) is 0.409. The molecule has 2 aliphatic rings. The number of likely N-dealkylation sites (tertiary alicyclic amines) is 1. The van der Waals surface area contributed by atoms with E-state index in [-0.39, 0.29) is 17.4 Å². The number of phenols is 2. The third kappa shape index (κ3) is 4.56. The monoisotopic (exact) mass is 545 g/mol. The third-order valence-electron chi connectivity index (χ3n) is 6.31. The Morgan fingerprint density at radius 3 is 2.65 bits per heavy atom. The molecule has 2 aromatic heterocycles. The van der Waals surface area contributed by atoms with Gasteiger partial charge in [-0.1, -0.05) is 11.8 Å². The zero-order valence-electron chi connectivity index (χ0n) is 18.3. The number of nitrogens with zero attached hydrogens (tertiary/aromatic N) is 6. The maximum Gasteiger partial charge on any atom is 0.247 e. The van der Waals surface area contributed by atoms with Gasteiger partial charge in [0.25, 0.3) is 0 Å². The summed E-state index contributed by atoms with van der Waals surface area (Å²) < 4.78 is 2.69. The number of amidine groups is 1. The van der Waals surface area contributed by atoms with E-state index in [1.54, 1.807) is 0 Å². The number of rotatable bonds is 5. The van der Waals surface area contributed by atoms with Gasteiger partial charge in [0, 0.05) is 41.8 Å². The van der Waals surface area contributed by atoms with E-state index < -0.39 is 0 Å². The molecule has 178 valence electrons. The number of aromatic nitrogens is 4. The Morgan fingerprint density at radius 1 is 1.15 bits per heavy atom. The van der Waals surface area contributed by atoms with Crippen molar-refractivity contribution in [2.45, 2.75) is 48.7 Å². The summed E-state index contributed by atoms with van der Waals surface area (Å²) in [5.41, 5.74) is 7.29. The zero-order valence-corrected chi connectivity index (χ0v) is 20.7. The van der Waals surface area contributed by atoms with Gasteiger partial charge in [-0.05, 0) is 53.2 Å². The van der Waals surface area contributed by atoms with Crippen molar-refractivity contribution in [2.24, 2.45) is 10.9 Å². The van der Waals surface area contributed by atoms with Crippen LogP contribution >= 0.6 is 27.7 Å². The topological polar surface area (TPSA) is 143 Å². The molecular formula is C22H24BrN7O3S. The van der Waals surface area contributed by atoms with Crippen LogP contribution in [-0.4, -0.2) is 59.5 Å². The van der Waals surface area contributed by atoms with Crippen LogP contribution in [0.4, 0.5) is 5.82 Å². The lowest BCUT2D eigenvalue weighted by molar-refractivity contribution is -0.117. The van der Waals surface area contributed by atoms with Gasteiger partial charge in [-0.25, -0.2) is 19.9 Å². The molecule has 34 heavy (non-hydrogen) atoms. The Balaban J connectivity index is 1.34. The number of amides is 1. The standard InChI is InChI=1S/C22H24BrN7O3S/c23-13-9-14(31)15(32)10-16(13)34-22-28-19-20(24)25-11-26-21(19)30(22)8-5-12-3-6-29(7-4-12)17-1-2-18(33)27-17/h9-12,31-32H,1-8H2,(H2,24,25,26). The highest BCUT2D eigenvalue weighted by Crippen LogP contribution is 2.40. The number of halogens is 1. The minimum atomic E-state index is -0.201. The van der Waals surface area contributed by atoms with Gasteiger partial charge >= 0.3 is 0 Å². The van der Waals surface area contributed by atoms with E-state index in [9.17, 15) is 15.0 Å². The molecule has 0 saturated carbocycles. The van der Waals surface area contributed by atoms with Crippen molar-refractivity contribution in [1.82, 2.24) is 24.4 Å². The maximum absolute atomic E-state index is 11.5. The molecule has 0 bridgehead atoms. The number of nitrogens with two attached hydrogens (primary N) is 1. The van der Waals surface area contributed by atoms with Gasteiger partial charge < -0.3 is 25.4 Å². The van der Waals surface area contributed by atoms with Crippen molar-refractivity contribution in [3.8, 4) is 11.5 Å². The molecule has 1 aromatic carbocycles. The molecule has 12 heteroatoms. The van der Waals surface area contributed by atoms with Crippen LogP contribution in [0, 0.1) is 5.92 Å². The first-order chi connectivity index (χ1) is 16.4. The Bertz CT molecular complexity index is 1290. The van der Waals surface area contributed by atoms with E-state index in [0.29, 0.717) is 50.4 Å². The first-order valence-corrected chi connectivity index (χ1v) is 12.7. The highest BCUT2D eigenvalue weighted by atomic mass is 79.9. The molecule has 3 aromatic rings. The van der Waals surface area contributed by atoms with E-state index in [1.807, 2.05) is 4.57 Å². The van der Waals surface area contributed by atoms with Gasteiger partial charge in [0.2, 0.25) is 5.91 Å². The van der Waals surface area contributed by atoms with Crippen LogP contribution in [0.25, 0.3) is 11.2 Å². The van der Waals surface area contributed by atoms with Crippen molar-refractivity contribution in [1.29, 1.82) is 0 Å². The number of aliphatic imine (C=N–C) groups is 1. The molecule has 0 atom stereocenters. The van der Waals surface area contributed by atoms with E-state index in [2.05, 4.69) is 35.8 Å². The van der Waals surface area contributed by atoms with Crippen LogP contribution in [-0.2, 0) is 11.3 Å². The highest BCUT2D eigenvalue weighted by molar-refractivity contribution is 9.10. The summed E-state index contributed by atoms with van der Waals surface area (Å²) in [4.78, 5) is 31.8. The molecule has 4 heterocycles. The number of anilines is 1. The molecule has 2 aliphatic heterocycles. The number of aromatic hydroxyl groups is 2. The molecule has 0 unspecified atom stereocenters. The Kier molecular flexibility index (Phi) is 6.34. The van der Waals surface area contributed by atoms with Crippen molar-refractivity contribution >= 4 is 56.4 Å². The predicted octanol–water partition coefficient (Wildman–Crippen LogP) is 3.55. The van der Waals surface area contributed by atoms with E-state index in [4.69, 9.17) is 10.7 Å². The quantitative estimate of drug-likeness (QED) is 0.410. The van der Waals surface area contributed by atoms with Crippen LogP contribution in [0.15, 0.2) is 38.0 Å². The number of carbonyl (C=O) groups is 1. The van der Waals surface area contributed by atoms with Crippen LogP contribution in [0.2, 0.25) is 0 Å². The zero-order chi connectivity index (χ0) is 23.8. The average molecular weight is 546 g/mol. The molecule has 10 nitrogen and oxygen atoms in total. The SMILES string of the molecule is Nc1ncnc2c1nc(Sc1cc(O)c(O)cc1Br)n2CCC1CCN(C2=NC(=O)CC2)CC1. The average Bonchev–Trinajstić information content (AvgIpc) is 3.40. The van der Waals surface area contributed by atoms with Crippen molar-refractivity contribution in [2.75, 3.05) is 18.8 Å². The van der Waals surface area contributed by atoms with E-state index in [0.717, 1.165) is 44.6 Å². The first kappa shape index (κ1) is 22.9. The lowest BCUT2D eigenvalue weighted by atomic mass is 9.93. The van der Waals surface area contributed by atoms with Gasteiger partial charge in [-0.15, -0.1) is 0 Å². The number of hydrogen-bond donors (Lipinski definition) is 3. The van der Waals surface area contributed by atoms with E-state index in [1.165, 1.54) is 30.2 Å². The van der Waals surface area contributed by atoms with Crippen LogP contribution in [0.3, 0.4) is 0 Å². The van der Waals surface area contributed by atoms with Crippen LogP contribution in [0.5, 0.6) is 11.5 Å². The molecule has 0 aliphatic carbocycles. The smallest absolute Gasteiger partial charge is 0.247 e. The van der Waals surface area contributed by atoms with Crippen LogP contribution < -0.4 is 5.73 Å². The van der Waals surface area contributed by atoms with Gasteiger partial charge in [-0.2, -0.15) is 0 Å². The summed E-state index contributed by atoms with van der Waals surface area (Å²) in [7, 11) is 0. The van der Waals surface area contributed by atoms with Gasteiger partial charge in [-0.3, -0.25) is 4.79 Å². The number of nitrogen functional groups attached to an aromatic ring is 1. The Morgan fingerprint density at radius 2 is 1.91 bits per heavy atom. The van der Waals surface area contributed by atoms with Crippen molar-refractivity contribution in [3.05, 3.63) is 22.9 Å². The number of hydrogen-bond acceptors (Lipinski definition) is 9. The molecule has 4 N–H and O–H groups in total. The number of benzene rings is 1. The maximum atomic E-state index is 11.5. The molecule has 5 rings (SSSR count). The Labute approximate surface area is 208 Å². The number of fused-ring (bicyclic) bond motifs is 1. The fourth-order valence-corrected chi connectivity index (χ4v) is 5.94. The summed E-state index contributed by atoms with van der Waals surface area (Å²) >= 11 is 4.80. The minimum Gasteiger partial charge on any atom is -0.504 e. The van der Waals surface area contributed by atoms with E-state index >= 15 is 0 Å². The largest absolute Gasteiger partial charge is 0.504 e. The molecule has 0 spiro atoms. The third-order valence-corrected chi connectivity index (χ3v) is 8.28. The normalized spacial score (nSPS) is 17.0. The lowest BCUT2D eigenvalue weighted by Gasteiger charge is -2.33. The number of carbonyl (C=O) groups excluding carboxylic acids is 1. The summed E-state index contributed by atoms with van der Waals surface area (Å²) in [5, 5.41) is 20.4. The van der Waals surface area contributed by atoms with Gasteiger partial charge in [0.1, 0.15) is 12.2 Å². The number of imidazole rings is 1. The summed E-state index contributed by atoms with van der Waals surface area (Å²) in [6, 6.07) is 2.95. The molecular weight excluding hydrogens is 522 g/mol. The van der Waals surface area contributed by atoms with Crippen molar-refractivity contribution in [3.63, 3.8) is 0 Å². The number of piperidine rings is 1. The summed E-state index contributed by atoms with van der Waals surface area (Å²) in [6.07, 6.45) is 5.75. The molecule has 0 radical (unpaired) electrons. The second-order valence-electron chi connectivity index (χ2n) is 8.49. The summed E-state index contributed by atoms with van der Waals surface area (Å²) in [6.45, 7) is 2.54. The number of phenolic OH excluding ortho intramolecular Hbond substituents is 2. The number of aryl methyl sites for hydroxylation is 1. The van der Waals surface area contributed by atoms with Crippen molar-refractivity contribution < 1.29 is 15.0 Å². The Hall–Kier alpha value is -2.86. The minimum absolute atomic E-state index is 0.0102. The fourth-order valence-electron chi connectivity index (χ4n) is 4.42. The van der Waals surface area contributed by atoms with Gasteiger partial charge in [0.05, 0.1) is 0 Å². The predicted molar refractivity (Wildman–Crippen MR) is 132 cm³/mol. The first-order valence-electron chi connectivity index (χ1n) is 11.1. The molecule has 1 saturated heterocycles. The highest BCUT2D eigenvalue weighted by Gasteiger charge is 2.26. The lowest BCUT2D eigenvalue weighted by Crippen LogP contribution is -2.37. The second kappa shape index (κ2) is 9.41. The van der Waals surface area contributed by atoms with Gasteiger partial charge in [0.15, 0.2) is 33.6 Å². The molecule has 1 fully saturated rings. The molecule has 1 amide bonds. The summed E-state index contributed by atoms with van der Waals surface area (Å²) in [5.74, 6) is 1.39. The van der Waals surface area contributed by atoms with Crippen LogP contribution in [0.1, 0.15) is 32.1 Å². The second-order valence-corrected chi connectivity index (χ2v) is 10.4.